The van der Waals surface area contributed by atoms with Crippen LogP contribution < -0.4 is 5.32 Å². The molecule has 1 aromatic carbocycles. The lowest BCUT2D eigenvalue weighted by atomic mass is 10.1. The fraction of sp³-hybridized carbons (Fsp3) is 0.444. The number of aromatic nitrogens is 2. The minimum absolute atomic E-state index is 0.00460. The highest BCUT2D eigenvalue weighted by Crippen LogP contribution is 2.15. The first-order valence-electron chi connectivity index (χ1n) is 8.50. The predicted molar refractivity (Wildman–Crippen MR) is 90.5 cm³/mol. The van der Waals surface area contributed by atoms with Crippen molar-refractivity contribution >= 4 is 11.9 Å². The maximum Gasteiger partial charge on any atom is 0.325 e. The number of rotatable bonds is 7. The lowest BCUT2D eigenvalue weighted by Gasteiger charge is -2.10. The summed E-state index contributed by atoms with van der Waals surface area (Å²) in [5.41, 5.74) is 0.997. The Morgan fingerprint density at radius 3 is 2.72 bits per heavy atom. The second-order valence-electron chi connectivity index (χ2n) is 6.65. The maximum absolute atomic E-state index is 12.5. The van der Waals surface area contributed by atoms with Gasteiger partial charge >= 0.3 is 6.03 Å². The summed E-state index contributed by atoms with van der Waals surface area (Å²) in [7, 11) is 0. The van der Waals surface area contributed by atoms with Gasteiger partial charge in [0.05, 0.1) is 0 Å². The number of hydrogen-bond acceptors (Lipinski definition) is 5. The minimum Gasteiger partial charge on any atom is -0.337 e. The number of imide groups is 1. The molecule has 25 heavy (non-hydrogen) atoms. The molecule has 132 valence electrons. The van der Waals surface area contributed by atoms with Gasteiger partial charge in [-0.15, -0.1) is 0 Å². The van der Waals surface area contributed by atoms with Crippen molar-refractivity contribution in [3.05, 3.63) is 47.6 Å². The Morgan fingerprint density at radius 1 is 1.24 bits per heavy atom. The van der Waals surface area contributed by atoms with Crippen LogP contribution in [-0.2, 0) is 24.2 Å². The number of nitrogens with zero attached hydrogens (tertiary/aromatic N) is 3. The Kier molecular flexibility index (Phi) is 5.11. The number of carbonyl (C=O) groups excluding carboxylic acids is 2. The van der Waals surface area contributed by atoms with Crippen LogP contribution in [0.4, 0.5) is 4.79 Å². The number of benzene rings is 1. The van der Waals surface area contributed by atoms with Gasteiger partial charge in [0.25, 0.3) is 5.91 Å². The molecule has 1 saturated heterocycles. The number of aryl methyl sites for hydroxylation is 1. The van der Waals surface area contributed by atoms with Gasteiger partial charge in [0.1, 0.15) is 12.6 Å². The number of carbonyl (C=O) groups is 2. The Morgan fingerprint density at radius 2 is 2.00 bits per heavy atom. The van der Waals surface area contributed by atoms with E-state index in [-0.39, 0.29) is 18.3 Å². The van der Waals surface area contributed by atoms with Crippen LogP contribution in [-0.4, -0.2) is 33.0 Å². The summed E-state index contributed by atoms with van der Waals surface area (Å²) in [4.78, 5) is 30.0. The second-order valence-corrected chi connectivity index (χ2v) is 6.65. The zero-order valence-electron chi connectivity index (χ0n) is 14.4. The third-order valence-corrected chi connectivity index (χ3v) is 4.14. The number of nitrogens with one attached hydrogen (secondary N) is 1. The molecule has 2 heterocycles. The monoisotopic (exact) mass is 342 g/mol. The summed E-state index contributed by atoms with van der Waals surface area (Å²) < 4.78 is 5.17. The molecule has 1 aliphatic rings. The molecule has 7 heteroatoms. The summed E-state index contributed by atoms with van der Waals surface area (Å²) in [6, 6.07) is 8.61. The highest BCUT2D eigenvalue weighted by atomic mass is 16.5. The molecule has 1 fully saturated rings. The first kappa shape index (κ1) is 17.1. The van der Waals surface area contributed by atoms with Crippen LogP contribution in [0, 0.1) is 5.92 Å². The van der Waals surface area contributed by atoms with Gasteiger partial charge in [0.15, 0.2) is 5.82 Å². The van der Waals surface area contributed by atoms with Gasteiger partial charge in [-0.3, -0.25) is 9.69 Å². The number of hydrogen-bond donors (Lipinski definition) is 1. The molecule has 1 aromatic heterocycles. The van der Waals surface area contributed by atoms with Crippen LogP contribution in [0.5, 0.6) is 0 Å². The zero-order chi connectivity index (χ0) is 17.8. The minimum atomic E-state index is -0.557. The Balaban J connectivity index is 1.61. The van der Waals surface area contributed by atoms with E-state index in [1.54, 1.807) is 0 Å². The van der Waals surface area contributed by atoms with Gasteiger partial charge in [-0.05, 0) is 17.9 Å². The molecular formula is C18H22N4O3. The molecule has 0 saturated carbocycles. The van der Waals surface area contributed by atoms with E-state index >= 15 is 0 Å². The smallest absolute Gasteiger partial charge is 0.325 e. The van der Waals surface area contributed by atoms with E-state index in [2.05, 4.69) is 29.3 Å². The summed E-state index contributed by atoms with van der Waals surface area (Å²) in [5.74, 6) is 1.17. The molecule has 2 aromatic rings. The molecule has 3 rings (SSSR count). The van der Waals surface area contributed by atoms with E-state index in [4.69, 9.17) is 4.52 Å². The molecule has 3 amide bonds. The third-order valence-electron chi connectivity index (χ3n) is 4.14. The van der Waals surface area contributed by atoms with Crippen LogP contribution >= 0.6 is 0 Å². The van der Waals surface area contributed by atoms with Crippen LogP contribution in [0.15, 0.2) is 34.9 Å². The van der Waals surface area contributed by atoms with Crippen molar-refractivity contribution in [2.75, 3.05) is 0 Å². The molecule has 0 radical (unpaired) electrons. The Bertz CT molecular complexity index is 742. The van der Waals surface area contributed by atoms with Gasteiger partial charge in [0.2, 0.25) is 5.89 Å². The topological polar surface area (TPSA) is 88.3 Å². The largest absolute Gasteiger partial charge is 0.337 e. The van der Waals surface area contributed by atoms with Crippen molar-refractivity contribution in [2.24, 2.45) is 5.92 Å². The summed E-state index contributed by atoms with van der Waals surface area (Å²) in [6.45, 7) is 4.26. The summed E-state index contributed by atoms with van der Waals surface area (Å²) in [6.07, 6.45) is 2.14. The fourth-order valence-corrected chi connectivity index (χ4v) is 2.72. The second kappa shape index (κ2) is 7.46. The fourth-order valence-electron chi connectivity index (χ4n) is 2.72. The summed E-state index contributed by atoms with van der Waals surface area (Å²) in [5, 5.41) is 6.63. The van der Waals surface area contributed by atoms with Gasteiger partial charge in [0, 0.05) is 12.8 Å². The summed E-state index contributed by atoms with van der Waals surface area (Å²) >= 11 is 0. The molecule has 1 atom stereocenters. The average Bonchev–Trinajstić information content (AvgIpc) is 3.14. The third kappa shape index (κ3) is 4.23. The van der Waals surface area contributed by atoms with Crippen molar-refractivity contribution in [1.82, 2.24) is 20.4 Å². The van der Waals surface area contributed by atoms with Gasteiger partial charge in [-0.2, -0.15) is 4.98 Å². The Labute approximate surface area is 146 Å². The van der Waals surface area contributed by atoms with Crippen molar-refractivity contribution in [1.29, 1.82) is 0 Å². The molecule has 0 aliphatic carbocycles. The van der Waals surface area contributed by atoms with E-state index in [0.29, 0.717) is 18.2 Å². The quantitative estimate of drug-likeness (QED) is 0.780. The molecule has 0 spiro atoms. The van der Waals surface area contributed by atoms with Gasteiger partial charge in [-0.1, -0.05) is 49.3 Å². The SMILES string of the molecule is CC(C)CCc1noc(CN2C(=O)NC(Cc3ccccc3)C2=O)n1. The highest BCUT2D eigenvalue weighted by molar-refractivity contribution is 6.04. The maximum atomic E-state index is 12.5. The van der Waals surface area contributed by atoms with Crippen molar-refractivity contribution in [3.8, 4) is 0 Å². The first-order chi connectivity index (χ1) is 12.0. The number of urea groups is 1. The lowest BCUT2D eigenvalue weighted by Crippen LogP contribution is -2.32. The van der Waals surface area contributed by atoms with Crippen LogP contribution in [0.3, 0.4) is 0 Å². The number of amides is 3. The average molecular weight is 342 g/mol. The van der Waals surface area contributed by atoms with E-state index < -0.39 is 12.1 Å². The van der Waals surface area contributed by atoms with Gasteiger partial charge < -0.3 is 9.84 Å². The lowest BCUT2D eigenvalue weighted by molar-refractivity contribution is -0.128. The van der Waals surface area contributed by atoms with E-state index in [1.807, 2.05) is 30.3 Å². The van der Waals surface area contributed by atoms with E-state index in [1.165, 1.54) is 0 Å². The Hall–Kier alpha value is -2.70. The molecule has 7 nitrogen and oxygen atoms in total. The molecule has 1 N–H and O–H groups in total. The van der Waals surface area contributed by atoms with Crippen molar-refractivity contribution < 1.29 is 14.1 Å². The van der Waals surface area contributed by atoms with Crippen LogP contribution in [0.25, 0.3) is 0 Å². The molecule has 1 unspecified atom stereocenters. The normalized spacial score (nSPS) is 17.4. The van der Waals surface area contributed by atoms with E-state index in [0.717, 1.165) is 23.3 Å². The van der Waals surface area contributed by atoms with Crippen molar-refractivity contribution in [3.63, 3.8) is 0 Å². The van der Waals surface area contributed by atoms with Crippen LogP contribution in [0.2, 0.25) is 0 Å². The zero-order valence-corrected chi connectivity index (χ0v) is 14.4. The van der Waals surface area contributed by atoms with Crippen LogP contribution in [0.1, 0.15) is 37.5 Å². The van der Waals surface area contributed by atoms with Gasteiger partial charge in [-0.25, -0.2) is 4.79 Å². The molecule has 1 aliphatic heterocycles. The highest BCUT2D eigenvalue weighted by Gasteiger charge is 2.38. The van der Waals surface area contributed by atoms with E-state index in [9.17, 15) is 9.59 Å². The first-order valence-corrected chi connectivity index (χ1v) is 8.50. The standard InChI is InChI=1S/C18H22N4O3/c1-12(2)8-9-15-20-16(25-21-15)11-22-17(23)14(19-18(22)24)10-13-6-4-3-5-7-13/h3-7,12,14H,8-11H2,1-2H3,(H,19,24). The van der Waals surface area contributed by atoms with Crippen molar-refractivity contribution in [2.45, 2.75) is 45.7 Å². The molecule has 0 bridgehead atoms. The molecular weight excluding hydrogens is 320 g/mol. The predicted octanol–water partition coefficient (Wildman–Crippen LogP) is 2.32.